The fourth-order valence-corrected chi connectivity index (χ4v) is 8.34. The van der Waals surface area contributed by atoms with Crippen LogP contribution in [0.5, 0.6) is 0 Å². The Morgan fingerprint density at radius 3 is 1.97 bits per heavy atom. The molecule has 2 rings (SSSR count). The van der Waals surface area contributed by atoms with E-state index in [4.69, 9.17) is 18.9 Å². The van der Waals surface area contributed by atoms with Crippen LogP contribution in [0.15, 0.2) is 35.2 Å². The minimum atomic E-state index is -3.94. The number of Topliss-reactive ketones (excluding diaryl/α,β-unsaturated/α-hetero) is 3. The van der Waals surface area contributed by atoms with E-state index in [9.17, 15) is 27.6 Å². The largest absolute Gasteiger partial charge is 0.382 e. The number of nitrogens with zero attached hydrogens (tertiary/aromatic N) is 2. The summed E-state index contributed by atoms with van der Waals surface area (Å²) in [6.07, 6.45) is -2.13. The Morgan fingerprint density at radius 2 is 1.40 bits per heavy atom. The second-order valence-corrected chi connectivity index (χ2v) is 20.2. The van der Waals surface area contributed by atoms with Crippen molar-refractivity contribution in [2.45, 2.75) is 137 Å². The van der Waals surface area contributed by atoms with Crippen molar-refractivity contribution in [3.05, 3.63) is 41.7 Å². The Balaban J connectivity index is 1.84. The fraction of sp³-hybridized carbons (Fsp3) is 0.667. The zero-order valence-corrected chi connectivity index (χ0v) is 38.4. The van der Waals surface area contributed by atoms with Crippen LogP contribution in [0.1, 0.15) is 100 Å². The van der Waals surface area contributed by atoms with E-state index in [1.165, 1.54) is 24.3 Å². The van der Waals surface area contributed by atoms with Crippen molar-refractivity contribution in [1.29, 1.82) is 0 Å². The molecule has 2 N–H and O–H groups in total. The number of carbonyl (C=O) groups is 4. The molecular weight excluding hydrogens is 785 g/mol. The summed E-state index contributed by atoms with van der Waals surface area (Å²) in [7, 11) is -2.38. The molecule has 0 bridgehead atoms. The fourth-order valence-electron chi connectivity index (χ4n) is 6.17. The molecule has 0 saturated heterocycles. The van der Waals surface area contributed by atoms with E-state index in [1.54, 1.807) is 94.2 Å². The molecule has 1 aromatic carbocycles. The molecule has 5 atom stereocenters. The lowest BCUT2D eigenvalue weighted by atomic mass is 9.80. The first kappa shape index (κ1) is 50.9. The summed E-state index contributed by atoms with van der Waals surface area (Å²) < 4.78 is 50.4. The number of sulfonamides is 1. The summed E-state index contributed by atoms with van der Waals surface area (Å²) in [5.74, 6) is -0.596. The van der Waals surface area contributed by atoms with Gasteiger partial charge in [-0.2, -0.15) is 11.8 Å². The number of aryl methyl sites for hydroxylation is 2. The van der Waals surface area contributed by atoms with Crippen LogP contribution in [0.4, 0.5) is 11.6 Å². The molecule has 326 valence electrons. The standard InChI is InChI=1S/C42H66N4O10S2/c1-26(38(50)45-33-15-17-34(18-16-33)58(51,52)46-39-43-27(2)23-28(3)44-39)24-41(10,11)57-22-19-35(47)29(4)56-31(6)37(49)42(12,13)32(7)55-25-40(8,9)36(48)30(5)54-21-20-53-14/h15-18,23,26,29-32H,19-22,24-25H2,1-14H3,(H,45,50)(H,43,44,46). The summed E-state index contributed by atoms with van der Waals surface area (Å²) in [5.41, 5.74) is -0.0995. The summed E-state index contributed by atoms with van der Waals surface area (Å²) in [6, 6.07) is 7.58. The normalized spacial score (nSPS) is 15.2. The van der Waals surface area contributed by atoms with E-state index < -0.39 is 45.3 Å². The number of rotatable bonds is 26. The molecule has 0 aliphatic heterocycles. The van der Waals surface area contributed by atoms with Crippen molar-refractivity contribution in [2.75, 3.05) is 42.7 Å². The number of amides is 1. The number of ketones is 3. The van der Waals surface area contributed by atoms with E-state index >= 15 is 0 Å². The predicted molar refractivity (Wildman–Crippen MR) is 228 cm³/mol. The second-order valence-electron chi connectivity index (χ2n) is 16.7. The highest BCUT2D eigenvalue weighted by Crippen LogP contribution is 2.33. The van der Waals surface area contributed by atoms with E-state index in [2.05, 4.69) is 20.0 Å². The summed E-state index contributed by atoms with van der Waals surface area (Å²) in [6.45, 7) is 24.0. The number of anilines is 2. The third-order valence-corrected chi connectivity index (χ3v) is 12.7. The zero-order valence-electron chi connectivity index (χ0n) is 36.8. The predicted octanol–water partition coefficient (Wildman–Crippen LogP) is 6.77. The monoisotopic (exact) mass is 850 g/mol. The number of benzene rings is 1. The number of ether oxygens (including phenoxy) is 4. The van der Waals surface area contributed by atoms with Gasteiger partial charge in [-0.1, -0.05) is 48.5 Å². The molecule has 1 amide bonds. The molecule has 2 aromatic rings. The van der Waals surface area contributed by atoms with E-state index in [0.717, 1.165) is 0 Å². The Hall–Kier alpha value is -3.28. The highest BCUT2D eigenvalue weighted by atomic mass is 32.2. The summed E-state index contributed by atoms with van der Waals surface area (Å²) in [4.78, 5) is 61.0. The molecule has 5 unspecified atom stereocenters. The van der Waals surface area contributed by atoms with E-state index in [-0.39, 0.29) is 57.8 Å². The highest BCUT2D eigenvalue weighted by Gasteiger charge is 2.41. The summed E-state index contributed by atoms with van der Waals surface area (Å²) >= 11 is 1.57. The van der Waals surface area contributed by atoms with Gasteiger partial charge >= 0.3 is 0 Å². The van der Waals surface area contributed by atoms with Gasteiger partial charge in [0.2, 0.25) is 11.9 Å². The molecule has 0 saturated carbocycles. The van der Waals surface area contributed by atoms with Gasteiger partial charge in [0.1, 0.15) is 18.3 Å². The van der Waals surface area contributed by atoms with Crippen LogP contribution in [0.2, 0.25) is 0 Å². The number of methoxy groups -OCH3 is 1. The molecule has 0 spiro atoms. The Kier molecular flexibility index (Phi) is 19.1. The molecule has 0 radical (unpaired) electrons. The molecule has 1 aromatic heterocycles. The van der Waals surface area contributed by atoms with Gasteiger partial charge in [0, 0.05) is 52.4 Å². The number of hydrogen-bond donors (Lipinski definition) is 2. The maximum Gasteiger partial charge on any atom is 0.264 e. The topological polar surface area (TPSA) is 189 Å². The van der Waals surface area contributed by atoms with Gasteiger partial charge in [0.25, 0.3) is 10.0 Å². The van der Waals surface area contributed by atoms with Crippen LogP contribution in [-0.4, -0.2) is 103 Å². The molecule has 1 heterocycles. The maximum atomic E-state index is 13.5. The summed E-state index contributed by atoms with van der Waals surface area (Å²) in [5, 5.41) is 2.86. The molecule has 16 heteroatoms. The average Bonchev–Trinajstić information content (AvgIpc) is 3.12. The van der Waals surface area contributed by atoms with Crippen molar-refractivity contribution in [1.82, 2.24) is 9.97 Å². The lowest BCUT2D eigenvalue weighted by Crippen LogP contribution is -2.46. The number of aromatic nitrogens is 2. The highest BCUT2D eigenvalue weighted by molar-refractivity contribution is 8.00. The SMILES string of the molecule is COCCOC(C)C(=O)C(C)(C)COC(C)C(C)(C)C(=O)C(C)OC(C)C(=O)CCSC(C)(C)CC(C)C(=O)Nc1ccc(S(=O)(=O)Nc2nc(C)cc(C)n2)cc1. The number of thioether (sulfide) groups is 1. The van der Waals surface area contributed by atoms with Gasteiger partial charge in [-0.3, -0.25) is 19.2 Å². The number of nitrogens with one attached hydrogen (secondary N) is 2. The van der Waals surface area contributed by atoms with E-state index in [1.807, 2.05) is 20.8 Å². The Labute approximate surface area is 350 Å². The van der Waals surface area contributed by atoms with Crippen LogP contribution in [0, 0.1) is 30.6 Å². The first-order valence-corrected chi connectivity index (χ1v) is 22.1. The van der Waals surface area contributed by atoms with Crippen LogP contribution in [-0.2, 0) is 48.1 Å². The van der Waals surface area contributed by atoms with Crippen LogP contribution >= 0.6 is 11.8 Å². The first-order valence-electron chi connectivity index (χ1n) is 19.6. The van der Waals surface area contributed by atoms with Crippen LogP contribution < -0.4 is 10.0 Å². The van der Waals surface area contributed by atoms with Gasteiger partial charge in [-0.05, 0) is 78.3 Å². The molecule has 0 aliphatic rings. The minimum absolute atomic E-state index is 0.000994. The lowest BCUT2D eigenvalue weighted by Gasteiger charge is -2.35. The first-order chi connectivity index (χ1) is 26.7. The third-order valence-electron chi connectivity index (χ3n) is 9.99. The second kappa shape index (κ2) is 21.8. The molecule has 0 aliphatic carbocycles. The maximum absolute atomic E-state index is 13.5. The van der Waals surface area contributed by atoms with Gasteiger partial charge in [0.05, 0.1) is 36.2 Å². The number of carbonyl (C=O) groups excluding carboxylic acids is 4. The number of hydrogen-bond acceptors (Lipinski definition) is 13. The molecule has 58 heavy (non-hydrogen) atoms. The van der Waals surface area contributed by atoms with E-state index in [0.29, 0.717) is 42.5 Å². The van der Waals surface area contributed by atoms with Crippen molar-refractivity contribution in [2.24, 2.45) is 16.7 Å². The quantitative estimate of drug-likeness (QED) is 0.0945. The average molecular weight is 851 g/mol. The van der Waals surface area contributed by atoms with Crippen molar-refractivity contribution < 1.29 is 46.5 Å². The lowest BCUT2D eigenvalue weighted by molar-refractivity contribution is -0.156. The van der Waals surface area contributed by atoms with Crippen molar-refractivity contribution >= 4 is 56.7 Å². The Morgan fingerprint density at radius 1 is 0.810 bits per heavy atom. The van der Waals surface area contributed by atoms with Gasteiger partial charge in [0.15, 0.2) is 17.3 Å². The van der Waals surface area contributed by atoms with Crippen molar-refractivity contribution in [3.63, 3.8) is 0 Å². The van der Waals surface area contributed by atoms with Gasteiger partial charge < -0.3 is 24.3 Å². The Bertz CT molecular complexity index is 1800. The van der Waals surface area contributed by atoms with Gasteiger partial charge in [-0.15, -0.1) is 0 Å². The molecule has 0 fully saturated rings. The van der Waals surface area contributed by atoms with Crippen LogP contribution in [0.25, 0.3) is 0 Å². The zero-order chi connectivity index (χ0) is 44.2. The van der Waals surface area contributed by atoms with Gasteiger partial charge in [-0.25, -0.2) is 23.1 Å². The smallest absolute Gasteiger partial charge is 0.264 e. The molecule has 14 nitrogen and oxygen atoms in total. The van der Waals surface area contributed by atoms with Crippen molar-refractivity contribution in [3.8, 4) is 0 Å². The minimum Gasteiger partial charge on any atom is -0.382 e. The van der Waals surface area contributed by atoms with Crippen LogP contribution in [0.3, 0.4) is 0 Å². The molecular formula is C42H66N4O10S2. The third kappa shape index (κ3) is 15.7.